The predicted octanol–water partition coefficient (Wildman–Crippen LogP) is 3.84. The average Bonchev–Trinajstić information content (AvgIpc) is 3.12. The van der Waals surface area contributed by atoms with Crippen LogP contribution in [0.1, 0.15) is 37.5 Å². The van der Waals surface area contributed by atoms with E-state index in [1.165, 1.54) is 24.2 Å². The molecule has 0 spiro atoms. The Kier molecular flexibility index (Phi) is 5.73. The Balaban J connectivity index is 2.19. The third-order valence-electron chi connectivity index (χ3n) is 3.16. The minimum Gasteiger partial charge on any atom is -0.461 e. The highest BCUT2D eigenvalue weighted by Crippen LogP contribution is 2.27. The summed E-state index contributed by atoms with van der Waals surface area (Å²) in [4.78, 5) is 12.7. The van der Waals surface area contributed by atoms with Crippen LogP contribution in [0.4, 0.5) is 0 Å². The monoisotopic (exact) mass is 312 g/mol. The largest absolute Gasteiger partial charge is 0.461 e. The van der Waals surface area contributed by atoms with E-state index in [9.17, 15) is 4.79 Å². The molecule has 1 heterocycles. The molecular formula is C14H17ClN2O2S. The maximum atomic E-state index is 11.9. The van der Waals surface area contributed by atoms with E-state index < -0.39 is 5.97 Å². The number of carbonyl (C=O) groups is 1. The number of thiophene rings is 1. The molecular weight excluding hydrogens is 296 g/mol. The first-order valence-electron chi connectivity index (χ1n) is 6.74. The van der Waals surface area contributed by atoms with Gasteiger partial charge in [0.25, 0.3) is 0 Å². The Morgan fingerprint density at radius 2 is 2.20 bits per heavy atom. The number of carbonyl (C=O) groups excluding carboxylic acids is 1. The van der Waals surface area contributed by atoms with Crippen LogP contribution in [0.5, 0.6) is 0 Å². The molecule has 1 aliphatic rings. The van der Waals surface area contributed by atoms with Crippen LogP contribution in [-0.2, 0) is 9.53 Å². The van der Waals surface area contributed by atoms with Gasteiger partial charge in [-0.25, -0.2) is 4.79 Å². The number of hydrogen-bond donors (Lipinski definition) is 0. The first-order chi connectivity index (χ1) is 9.72. The molecule has 0 saturated heterocycles. The molecule has 4 nitrogen and oxygen atoms in total. The normalized spacial score (nSPS) is 17.5. The summed E-state index contributed by atoms with van der Waals surface area (Å²) >= 11 is 7.59. The van der Waals surface area contributed by atoms with Gasteiger partial charge in [0.2, 0.25) is 0 Å². The van der Waals surface area contributed by atoms with Crippen LogP contribution in [0.2, 0.25) is 0 Å². The molecule has 0 N–H and O–H groups in total. The molecule has 20 heavy (non-hydrogen) atoms. The van der Waals surface area contributed by atoms with Crippen LogP contribution in [0.25, 0.3) is 0 Å². The van der Waals surface area contributed by atoms with Crippen LogP contribution >= 0.6 is 22.9 Å². The molecule has 2 rings (SSSR count). The van der Waals surface area contributed by atoms with Crippen molar-refractivity contribution in [2.45, 2.75) is 32.6 Å². The van der Waals surface area contributed by atoms with E-state index in [0.717, 1.165) is 17.7 Å². The molecule has 1 fully saturated rings. The zero-order valence-electron chi connectivity index (χ0n) is 11.3. The van der Waals surface area contributed by atoms with Gasteiger partial charge in [-0.05, 0) is 31.2 Å². The Morgan fingerprint density at radius 3 is 2.80 bits per heavy atom. The first kappa shape index (κ1) is 15.2. The van der Waals surface area contributed by atoms with Gasteiger partial charge in [-0.3, -0.25) is 0 Å². The summed E-state index contributed by atoms with van der Waals surface area (Å²) in [6, 6.07) is 3.68. The summed E-state index contributed by atoms with van der Waals surface area (Å²) < 4.78 is 5.01. The summed E-state index contributed by atoms with van der Waals surface area (Å²) in [6.07, 6.45) is 4.45. The van der Waals surface area contributed by atoms with E-state index >= 15 is 0 Å². The van der Waals surface area contributed by atoms with Gasteiger partial charge in [-0.15, -0.1) is 21.5 Å². The number of hydrogen-bond acceptors (Lipinski definition) is 5. The second-order valence-electron chi connectivity index (χ2n) is 4.55. The van der Waals surface area contributed by atoms with Gasteiger partial charge < -0.3 is 4.74 Å². The number of esters is 1. The Bertz CT molecular complexity index is 505. The highest BCUT2D eigenvalue weighted by Gasteiger charge is 2.20. The van der Waals surface area contributed by atoms with E-state index in [-0.39, 0.29) is 11.6 Å². The number of halogens is 1. The van der Waals surface area contributed by atoms with Crippen molar-refractivity contribution >= 4 is 39.8 Å². The molecule has 1 aromatic heterocycles. The summed E-state index contributed by atoms with van der Waals surface area (Å²) in [7, 11) is 0. The summed E-state index contributed by atoms with van der Waals surface area (Å²) in [5.74, 6) is -0.179. The highest BCUT2D eigenvalue weighted by molar-refractivity contribution is 7.13. The van der Waals surface area contributed by atoms with Crippen LogP contribution < -0.4 is 0 Å². The number of rotatable bonds is 5. The van der Waals surface area contributed by atoms with Gasteiger partial charge in [0.15, 0.2) is 5.71 Å². The smallest absolute Gasteiger partial charge is 0.360 e. The minimum absolute atomic E-state index is 0.220. The van der Waals surface area contributed by atoms with Gasteiger partial charge in [0.05, 0.1) is 11.5 Å². The Hall–Kier alpha value is -1.20. The molecule has 1 aliphatic carbocycles. The highest BCUT2D eigenvalue weighted by atomic mass is 35.5. The van der Waals surface area contributed by atoms with E-state index in [1.807, 2.05) is 17.5 Å². The Labute approximate surface area is 127 Å². The molecule has 0 bridgehead atoms. The Morgan fingerprint density at radius 1 is 1.45 bits per heavy atom. The molecule has 0 aromatic carbocycles. The van der Waals surface area contributed by atoms with Crippen molar-refractivity contribution in [2.75, 3.05) is 6.61 Å². The second-order valence-corrected chi connectivity index (χ2v) is 5.89. The lowest BCUT2D eigenvalue weighted by molar-refractivity contribution is -0.134. The quantitative estimate of drug-likeness (QED) is 0.471. The lowest BCUT2D eigenvalue weighted by Crippen LogP contribution is -2.17. The van der Waals surface area contributed by atoms with E-state index in [1.54, 1.807) is 6.92 Å². The molecule has 1 saturated carbocycles. The molecule has 108 valence electrons. The molecule has 1 aromatic rings. The molecule has 0 amide bonds. The minimum atomic E-state index is -0.463. The van der Waals surface area contributed by atoms with E-state index in [4.69, 9.17) is 16.3 Å². The van der Waals surface area contributed by atoms with Crippen molar-refractivity contribution in [3.63, 3.8) is 0 Å². The van der Waals surface area contributed by atoms with Crippen LogP contribution in [0, 0.1) is 5.92 Å². The lowest BCUT2D eigenvalue weighted by Gasteiger charge is -2.05. The third kappa shape index (κ3) is 3.90. The number of nitrogens with zero attached hydrogens (tertiary/aromatic N) is 2. The number of ether oxygens (including phenoxy) is 1. The van der Waals surface area contributed by atoms with Crippen molar-refractivity contribution < 1.29 is 9.53 Å². The summed E-state index contributed by atoms with van der Waals surface area (Å²) in [5, 5.41) is 10.4. The van der Waals surface area contributed by atoms with Crippen LogP contribution in [-0.4, -0.2) is 23.5 Å². The van der Waals surface area contributed by atoms with E-state index in [2.05, 4.69) is 10.2 Å². The topological polar surface area (TPSA) is 51.0 Å². The molecule has 0 radical (unpaired) electrons. The third-order valence-corrected chi connectivity index (χ3v) is 4.42. The first-order valence-corrected chi connectivity index (χ1v) is 8.00. The molecule has 0 aliphatic heterocycles. The molecule has 6 heteroatoms. The average molecular weight is 313 g/mol. The fraction of sp³-hybridized carbons (Fsp3) is 0.500. The zero-order chi connectivity index (χ0) is 14.4. The summed E-state index contributed by atoms with van der Waals surface area (Å²) in [5.41, 5.74) is 0.220. The maximum Gasteiger partial charge on any atom is 0.360 e. The van der Waals surface area contributed by atoms with Gasteiger partial charge in [0, 0.05) is 5.92 Å². The molecule has 0 unspecified atom stereocenters. The van der Waals surface area contributed by atoms with Gasteiger partial charge in [0.1, 0.15) is 5.17 Å². The van der Waals surface area contributed by atoms with Crippen molar-refractivity contribution in [2.24, 2.45) is 16.1 Å². The van der Waals surface area contributed by atoms with Crippen molar-refractivity contribution in [3.8, 4) is 0 Å². The van der Waals surface area contributed by atoms with E-state index in [0.29, 0.717) is 11.8 Å². The maximum absolute atomic E-state index is 11.9. The predicted molar refractivity (Wildman–Crippen MR) is 82.7 cm³/mol. The zero-order valence-corrected chi connectivity index (χ0v) is 12.9. The SMILES string of the molecule is CCOC(=O)/C(=N/N=C(/Cl)C1CCCC1)c1cccs1. The van der Waals surface area contributed by atoms with Crippen LogP contribution in [0.3, 0.4) is 0 Å². The van der Waals surface area contributed by atoms with Crippen molar-refractivity contribution in [1.29, 1.82) is 0 Å². The fourth-order valence-corrected chi connectivity index (χ4v) is 3.10. The molecule has 0 atom stereocenters. The van der Waals surface area contributed by atoms with Crippen LogP contribution in [0.15, 0.2) is 27.7 Å². The van der Waals surface area contributed by atoms with Gasteiger partial charge >= 0.3 is 5.97 Å². The van der Waals surface area contributed by atoms with Gasteiger partial charge in [-0.2, -0.15) is 0 Å². The summed E-state index contributed by atoms with van der Waals surface area (Å²) in [6.45, 7) is 2.07. The van der Waals surface area contributed by atoms with Crippen molar-refractivity contribution in [1.82, 2.24) is 0 Å². The van der Waals surface area contributed by atoms with Crippen molar-refractivity contribution in [3.05, 3.63) is 22.4 Å². The van der Waals surface area contributed by atoms with Gasteiger partial charge in [-0.1, -0.05) is 30.5 Å². The second kappa shape index (κ2) is 7.55. The lowest BCUT2D eigenvalue weighted by atomic mass is 10.1. The standard InChI is InChI=1S/C14H17ClN2O2S/c1-2-19-14(18)12(11-8-5-9-20-11)16-17-13(15)10-6-3-4-7-10/h5,8-10H,2-4,6-7H2,1H3/b16-12+,17-13+. The fourth-order valence-electron chi connectivity index (χ4n) is 2.15.